The standard InChI is InChI=1S/C30H27F2N9O3/c1-15(42)24-25(18-10-19-5-6-20(11-18)40(19)29(43)27-35-14-36-39-27)38-28-22(13-37-41(28)26(24)33)17-4-9-23(34-12-17)16-2-7-21(8-3-16)44-30(31)32/h2-4,7-9,12-14,18-20,30H,5-6,10-11,33H2,1H3,(H,35,36,39)/t18-,19+,20-. The molecule has 0 radical (unpaired) electrons. The largest absolute Gasteiger partial charge is 0.435 e. The summed E-state index contributed by atoms with van der Waals surface area (Å²) in [6.45, 7) is -1.42. The van der Waals surface area contributed by atoms with E-state index in [1.165, 1.54) is 29.9 Å². The van der Waals surface area contributed by atoms with Gasteiger partial charge in [0.1, 0.15) is 17.9 Å². The molecule has 224 valence electrons. The molecule has 2 fully saturated rings. The summed E-state index contributed by atoms with van der Waals surface area (Å²) in [6.07, 6.45) is 7.70. The van der Waals surface area contributed by atoms with Gasteiger partial charge in [-0.1, -0.05) is 6.07 Å². The fraction of sp³-hybridized carbons (Fsp3) is 0.300. The van der Waals surface area contributed by atoms with Gasteiger partial charge < -0.3 is 20.4 Å². The number of ether oxygens (including phenoxy) is 1. The van der Waals surface area contributed by atoms with Crippen LogP contribution in [0.1, 0.15) is 65.2 Å². The maximum absolute atomic E-state index is 13.2. The van der Waals surface area contributed by atoms with Crippen molar-refractivity contribution in [1.82, 2.24) is 39.7 Å². The van der Waals surface area contributed by atoms with Gasteiger partial charge in [0.2, 0.25) is 5.82 Å². The minimum Gasteiger partial charge on any atom is -0.435 e. The molecule has 2 aliphatic heterocycles. The third-order valence-corrected chi connectivity index (χ3v) is 8.49. The van der Waals surface area contributed by atoms with Crippen molar-refractivity contribution in [2.75, 3.05) is 5.73 Å². The van der Waals surface area contributed by atoms with Crippen LogP contribution in [0, 0.1) is 0 Å². The average Bonchev–Trinajstić information content (AvgIpc) is 3.75. The number of nitrogens with one attached hydrogen (secondary N) is 1. The van der Waals surface area contributed by atoms with E-state index >= 15 is 0 Å². The third kappa shape index (κ3) is 4.71. The molecule has 2 bridgehead atoms. The van der Waals surface area contributed by atoms with Crippen LogP contribution in [0.25, 0.3) is 28.0 Å². The Bertz CT molecular complexity index is 1840. The lowest BCUT2D eigenvalue weighted by Gasteiger charge is -2.38. The molecule has 6 heterocycles. The van der Waals surface area contributed by atoms with Crippen LogP contribution < -0.4 is 10.5 Å². The minimum absolute atomic E-state index is 0.0208. The molecule has 7 rings (SSSR count). The summed E-state index contributed by atoms with van der Waals surface area (Å²) in [5, 5.41) is 12.1. The van der Waals surface area contributed by atoms with E-state index in [9.17, 15) is 18.4 Å². The van der Waals surface area contributed by atoms with Gasteiger partial charge in [0.25, 0.3) is 5.91 Å². The van der Waals surface area contributed by atoms with Crippen LogP contribution in [-0.4, -0.2) is 70.0 Å². The highest BCUT2D eigenvalue weighted by Crippen LogP contribution is 2.45. The van der Waals surface area contributed by atoms with Crippen molar-refractivity contribution in [2.24, 2.45) is 0 Å². The first-order chi connectivity index (χ1) is 21.3. The number of anilines is 1. The lowest BCUT2D eigenvalue weighted by Crippen LogP contribution is -2.46. The van der Waals surface area contributed by atoms with E-state index in [1.807, 2.05) is 17.0 Å². The highest BCUT2D eigenvalue weighted by Gasteiger charge is 2.45. The van der Waals surface area contributed by atoms with Gasteiger partial charge in [-0.25, -0.2) is 4.98 Å². The molecule has 44 heavy (non-hydrogen) atoms. The third-order valence-electron chi connectivity index (χ3n) is 8.49. The number of hydrogen-bond donors (Lipinski definition) is 2. The summed E-state index contributed by atoms with van der Waals surface area (Å²) < 4.78 is 30.9. The van der Waals surface area contributed by atoms with Gasteiger partial charge in [-0.15, -0.1) is 10.2 Å². The smallest absolute Gasteiger partial charge is 0.387 e. The van der Waals surface area contributed by atoms with Crippen molar-refractivity contribution >= 4 is 23.2 Å². The lowest BCUT2D eigenvalue weighted by molar-refractivity contribution is -0.0498. The number of nitrogens with zero attached hydrogens (tertiary/aromatic N) is 7. The summed E-state index contributed by atoms with van der Waals surface area (Å²) in [4.78, 5) is 40.3. The number of halogens is 2. The van der Waals surface area contributed by atoms with Crippen molar-refractivity contribution < 1.29 is 23.1 Å². The summed E-state index contributed by atoms with van der Waals surface area (Å²) in [6, 6.07) is 9.88. The lowest BCUT2D eigenvalue weighted by atomic mass is 9.85. The van der Waals surface area contributed by atoms with Gasteiger partial charge in [0, 0.05) is 40.9 Å². The number of H-pyrrole nitrogens is 1. The van der Waals surface area contributed by atoms with Crippen LogP contribution >= 0.6 is 0 Å². The Morgan fingerprint density at radius 3 is 2.39 bits per heavy atom. The number of pyridine rings is 1. The number of Topliss-reactive ketones (excluding diaryl/α,β-unsaturated/α-hetero) is 1. The van der Waals surface area contributed by atoms with Crippen molar-refractivity contribution in [3.63, 3.8) is 0 Å². The first kappa shape index (κ1) is 27.6. The Morgan fingerprint density at radius 1 is 1.05 bits per heavy atom. The second kappa shape index (κ2) is 10.8. The van der Waals surface area contributed by atoms with E-state index in [0.717, 1.165) is 24.0 Å². The number of carbonyl (C=O) groups excluding carboxylic acids is 2. The van der Waals surface area contributed by atoms with E-state index in [1.54, 1.807) is 24.5 Å². The quantitative estimate of drug-likeness (QED) is 0.257. The molecule has 1 amide bonds. The second-order valence-electron chi connectivity index (χ2n) is 11.0. The molecule has 2 aliphatic rings. The predicted molar refractivity (Wildman–Crippen MR) is 154 cm³/mol. The molecule has 5 aromatic rings. The fourth-order valence-electron chi connectivity index (χ4n) is 6.59. The molecule has 14 heteroatoms. The topological polar surface area (TPSA) is 157 Å². The first-order valence-electron chi connectivity index (χ1n) is 14.2. The number of carbonyl (C=O) groups is 2. The molecular formula is C30H27F2N9O3. The van der Waals surface area contributed by atoms with E-state index in [-0.39, 0.29) is 47.1 Å². The van der Waals surface area contributed by atoms with Crippen LogP contribution in [0.4, 0.5) is 14.6 Å². The molecule has 3 N–H and O–H groups in total. The Morgan fingerprint density at radius 2 is 1.77 bits per heavy atom. The maximum atomic E-state index is 13.2. The van der Waals surface area contributed by atoms with Crippen LogP contribution in [0.2, 0.25) is 0 Å². The number of piperidine rings is 1. The summed E-state index contributed by atoms with van der Waals surface area (Å²) in [7, 11) is 0. The van der Waals surface area contributed by atoms with Crippen molar-refractivity contribution in [1.29, 1.82) is 0 Å². The molecule has 2 saturated heterocycles. The zero-order valence-electron chi connectivity index (χ0n) is 23.5. The summed E-state index contributed by atoms with van der Waals surface area (Å²) >= 11 is 0. The fourth-order valence-corrected chi connectivity index (χ4v) is 6.59. The van der Waals surface area contributed by atoms with Gasteiger partial charge in [-0.3, -0.25) is 14.6 Å². The summed E-state index contributed by atoms with van der Waals surface area (Å²) in [5.41, 5.74) is 10.8. The Balaban J connectivity index is 1.21. The number of aromatic nitrogens is 7. The predicted octanol–water partition coefficient (Wildman–Crippen LogP) is 4.51. The SMILES string of the molecule is CC(=O)c1c([C@H]2C[C@H]3CC[C@@H](C2)N3C(=O)c2nnc[nH]2)nc2c(-c3ccc(-c4ccc(OC(F)F)cc4)nc3)cnn2c1N. The molecule has 12 nitrogen and oxygen atoms in total. The molecule has 3 atom stereocenters. The monoisotopic (exact) mass is 599 g/mol. The van der Waals surface area contributed by atoms with Crippen molar-refractivity contribution in [3.05, 3.63) is 72.2 Å². The Hall–Kier alpha value is -5.27. The normalized spacial score (nSPS) is 19.5. The number of hydrogen-bond acceptors (Lipinski definition) is 9. The zero-order chi connectivity index (χ0) is 30.5. The molecule has 0 aliphatic carbocycles. The number of fused-ring (bicyclic) bond motifs is 3. The molecule has 0 unspecified atom stereocenters. The summed E-state index contributed by atoms with van der Waals surface area (Å²) in [5.74, 6) is 0.0397. The molecular weight excluding hydrogens is 572 g/mol. The van der Waals surface area contributed by atoms with Crippen molar-refractivity contribution in [2.45, 2.75) is 57.2 Å². The van der Waals surface area contributed by atoms with Gasteiger partial charge in [0.05, 0.1) is 23.1 Å². The molecule has 1 aromatic carbocycles. The number of ketones is 1. The highest BCUT2D eigenvalue weighted by atomic mass is 19.3. The number of benzene rings is 1. The van der Waals surface area contributed by atoms with Crippen LogP contribution in [0.15, 0.2) is 55.1 Å². The Kier molecular flexibility index (Phi) is 6.75. The number of amides is 1. The number of nitrogen functional groups attached to an aromatic ring is 1. The van der Waals surface area contributed by atoms with Crippen molar-refractivity contribution in [3.8, 4) is 28.1 Å². The van der Waals surface area contributed by atoms with E-state index < -0.39 is 6.61 Å². The average molecular weight is 600 g/mol. The zero-order valence-corrected chi connectivity index (χ0v) is 23.5. The van der Waals surface area contributed by atoms with E-state index in [0.29, 0.717) is 41.0 Å². The second-order valence-corrected chi connectivity index (χ2v) is 11.0. The minimum atomic E-state index is -2.89. The van der Waals surface area contributed by atoms with Crippen LogP contribution in [0.5, 0.6) is 5.75 Å². The van der Waals surface area contributed by atoms with E-state index in [2.05, 4.69) is 30.0 Å². The van der Waals surface area contributed by atoms with Gasteiger partial charge in [-0.2, -0.15) is 18.4 Å². The first-order valence-corrected chi connectivity index (χ1v) is 14.2. The number of alkyl halides is 2. The van der Waals surface area contributed by atoms with Crippen LogP contribution in [0.3, 0.4) is 0 Å². The molecule has 4 aromatic heterocycles. The van der Waals surface area contributed by atoms with Gasteiger partial charge >= 0.3 is 6.61 Å². The molecule has 0 spiro atoms. The highest BCUT2D eigenvalue weighted by molar-refractivity contribution is 6.00. The number of aromatic amines is 1. The Labute approximate surface area is 249 Å². The molecule has 0 saturated carbocycles. The van der Waals surface area contributed by atoms with Crippen LogP contribution in [-0.2, 0) is 0 Å². The van der Waals surface area contributed by atoms with Gasteiger partial charge in [0.15, 0.2) is 11.4 Å². The van der Waals surface area contributed by atoms with Gasteiger partial charge in [-0.05, 0) is 62.9 Å². The maximum Gasteiger partial charge on any atom is 0.387 e. The number of nitrogens with two attached hydrogens (primary N) is 1. The number of rotatable bonds is 7. The van der Waals surface area contributed by atoms with E-state index in [4.69, 9.17) is 10.7 Å².